The van der Waals surface area contributed by atoms with Crippen LogP contribution in [0.25, 0.3) is 0 Å². The number of nitriles is 1. The Morgan fingerprint density at radius 1 is 0.903 bits per heavy atom. The number of sulfonamides is 1. The molecular weight excluding hydrogens is 404 g/mol. The minimum absolute atomic E-state index is 0.156. The molecule has 0 radical (unpaired) electrons. The van der Waals surface area contributed by atoms with E-state index in [1.165, 1.54) is 0 Å². The smallest absolute Gasteiger partial charge is 0.207 e. The van der Waals surface area contributed by atoms with Crippen LogP contribution in [0.4, 0.5) is 0 Å². The highest BCUT2D eigenvalue weighted by molar-refractivity contribution is 7.89. The average Bonchev–Trinajstić information content (AvgIpc) is 2.82. The minimum atomic E-state index is -3.62. The Kier molecular flexibility index (Phi) is 5.95. The van der Waals surface area contributed by atoms with Crippen molar-refractivity contribution in [3.05, 3.63) is 102 Å². The molecule has 1 atom stereocenters. The van der Waals surface area contributed by atoms with Crippen LogP contribution in [-0.4, -0.2) is 25.8 Å². The second kappa shape index (κ2) is 8.66. The number of benzene rings is 3. The topological polar surface area (TPSA) is 61.2 Å². The van der Waals surface area contributed by atoms with E-state index in [0.29, 0.717) is 18.0 Å². The molecule has 0 N–H and O–H groups in total. The summed E-state index contributed by atoms with van der Waals surface area (Å²) in [5.74, 6) is -0.156. The van der Waals surface area contributed by atoms with Crippen molar-refractivity contribution in [3.8, 4) is 6.07 Å². The van der Waals surface area contributed by atoms with Gasteiger partial charge in [-0.1, -0.05) is 78.4 Å². The van der Waals surface area contributed by atoms with Crippen LogP contribution >= 0.6 is 0 Å². The SMILES string of the molecule is Cc1ccc(S(=O)(=O)N2CCC[C@H](C(C#N)(c3ccccc3)c3ccccc3)C2)cc1. The molecule has 3 aromatic rings. The lowest BCUT2D eigenvalue weighted by Crippen LogP contribution is -2.48. The molecule has 0 aliphatic carbocycles. The van der Waals surface area contributed by atoms with Gasteiger partial charge in [0.1, 0.15) is 5.41 Å². The molecule has 3 aromatic carbocycles. The lowest BCUT2D eigenvalue weighted by Gasteiger charge is -2.41. The predicted octanol–water partition coefficient (Wildman–Crippen LogP) is 4.91. The average molecular weight is 431 g/mol. The number of hydrogen-bond acceptors (Lipinski definition) is 3. The standard InChI is InChI=1S/C26H26N2O2S/c1-21-14-16-25(17-15-21)31(29,30)28-18-8-13-24(19-28)26(20-27,22-9-4-2-5-10-22)23-11-6-3-7-12-23/h2-7,9-12,14-17,24H,8,13,18-19H2,1H3/t24-/m0/s1. The summed E-state index contributed by atoms with van der Waals surface area (Å²) in [5, 5.41) is 10.6. The van der Waals surface area contributed by atoms with Crippen molar-refractivity contribution in [2.45, 2.75) is 30.1 Å². The Hall–Kier alpha value is -2.94. The van der Waals surface area contributed by atoms with Crippen molar-refractivity contribution in [3.63, 3.8) is 0 Å². The number of aryl methyl sites for hydroxylation is 1. The van der Waals surface area contributed by atoms with Crippen molar-refractivity contribution >= 4 is 10.0 Å². The Balaban J connectivity index is 1.77. The van der Waals surface area contributed by atoms with Gasteiger partial charge in [0.25, 0.3) is 0 Å². The van der Waals surface area contributed by atoms with Crippen LogP contribution in [0, 0.1) is 24.2 Å². The maximum absolute atomic E-state index is 13.4. The molecule has 0 aromatic heterocycles. The highest BCUT2D eigenvalue weighted by atomic mass is 32.2. The summed E-state index contributed by atoms with van der Waals surface area (Å²) in [4.78, 5) is 0.306. The van der Waals surface area contributed by atoms with Crippen molar-refractivity contribution in [2.24, 2.45) is 5.92 Å². The Labute approximate surface area is 184 Å². The van der Waals surface area contributed by atoms with Gasteiger partial charge in [-0.25, -0.2) is 8.42 Å². The van der Waals surface area contributed by atoms with Gasteiger partial charge in [0, 0.05) is 13.1 Å². The van der Waals surface area contributed by atoms with Crippen LogP contribution in [0.5, 0.6) is 0 Å². The van der Waals surface area contributed by atoms with Gasteiger partial charge >= 0.3 is 0 Å². The normalized spacial score (nSPS) is 17.7. The first-order chi connectivity index (χ1) is 15.0. The maximum Gasteiger partial charge on any atom is 0.243 e. The van der Waals surface area contributed by atoms with Crippen LogP contribution in [0.1, 0.15) is 29.5 Å². The van der Waals surface area contributed by atoms with Gasteiger partial charge in [0.05, 0.1) is 11.0 Å². The molecule has 1 saturated heterocycles. The van der Waals surface area contributed by atoms with E-state index >= 15 is 0 Å². The minimum Gasteiger partial charge on any atom is -0.207 e. The molecule has 0 saturated carbocycles. The van der Waals surface area contributed by atoms with E-state index in [1.807, 2.05) is 79.7 Å². The summed E-state index contributed by atoms with van der Waals surface area (Å²) in [6.45, 7) is 2.72. The number of piperidine rings is 1. The fourth-order valence-electron chi connectivity index (χ4n) is 4.63. The zero-order valence-electron chi connectivity index (χ0n) is 17.6. The molecule has 0 unspecified atom stereocenters. The monoisotopic (exact) mass is 430 g/mol. The number of nitrogens with zero attached hydrogens (tertiary/aromatic N) is 2. The third-order valence-corrected chi connectivity index (χ3v) is 8.17. The van der Waals surface area contributed by atoms with Gasteiger partial charge in [0.2, 0.25) is 10.0 Å². The molecule has 4 rings (SSSR count). The second-order valence-corrected chi connectivity index (χ2v) is 10.1. The van der Waals surface area contributed by atoms with Gasteiger partial charge in [-0.2, -0.15) is 9.57 Å². The fourth-order valence-corrected chi connectivity index (χ4v) is 6.16. The van der Waals surface area contributed by atoms with Crippen LogP contribution in [-0.2, 0) is 15.4 Å². The maximum atomic E-state index is 13.4. The summed E-state index contributed by atoms with van der Waals surface area (Å²) in [5.41, 5.74) is 1.92. The van der Waals surface area contributed by atoms with Gasteiger partial charge < -0.3 is 0 Å². The van der Waals surface area contributed by atoms with Crippen LogP contribution in [0.3, 0.4) is 0 Å². The van der Waals surface area contributed by atoms with E-state index in [-0.39, 0.29) is 5.92 Å². The largest absolute Gasteiger partial charge is 0.243 e. The van der Waals surface area contributed by atoms with Gasteiger partial charge in [-0.15, -0.1) is 0 Å². The predicted molar refractivity (Wildman–Crippen MR) is 122 cm³/mol. The molecule has 1 aliphatic rings. The first-order valence-electron chi connectivity index (χ1n) is 10.6. The summed E-state index contributed by atoms with van der Waals surface area (Å²) in [6.07, 6.45) is 1.51. The summed E-state index contributed by atoms with van der Waals surface area (Å²) >= 11 is 0. The summed E-state index contributed by atoms with van der Waals surface area (Å²) in [6, 6.07) is 29.1. The molecule has 1 heterocycles. The lowest BCUT2D eigenvalue weighted by molar-refractivity contribution is 0.221. The van der Waals surface area contributed by atoms with Gasteiger partial charge in [0.15, 0.2) is 0 Å². The quantitative estimate of drug-likeness (QED) is 0.578. The molecule has 158 valence electrons. The first-order valence-corrected chi connectivity index (χ1v) is 12.0. The van der Waals surface area contributed by atoms with E-state index in [4.69, 9.17) is 0 Å². The van der Waals surface area contributed by atoms with Crippen LogP contribution in [0.15, 0.2) is 89.8 Å². The van der Waals surface area contributed by atoms with Crippen molar-refractivity contribution in [2.75, 3.05) is 13.1 Å². The molecule has 31 heavy (non-hydrogen) atoms. The highest BCUT2D eigenvalue weighted by Gasteiger charge is 2.46. The number of hydrogen-bond donors (Lipinski definition) is 0. The molecule has 4 nitrogen and oxygen atoms in total. The molecule has 1 fully saturated rings. The van der Waals surface area contributed by atoms with Crippen molar-refractivity contribution in [1.29, 1.82) is 5.26 Å². The molecule has 1 aliphatic heterocycles. The molecule has 0 spiro atoms. The van der Waals surface area contributed by atoms with Crippen LogP contribution in [0.2, 0.25) is 0 Å². The second-order valence-electron chi connectivity index (χ2n) is 8.17. The number of rotatable bonds is 5. The highest BCUT2D eigenvalue weighted by Crippen LogP contribution is 2.43. The zero-order valence-corrected chi connectivity index (χ0v) is 18.4. The summed E-state index contributed by atoms with van der Waals surface area (Å²) in [7, 11) is -3.62. The molecular formula is C26H26N2O2S. The zero-order chi connectivity index (χ0) is 21.9. The molecule has 5 heteroatoms. The third kappa shape index (κ3) is 3.89. The first kappa shape index (κ1) is 21.3. The van der Waals surface area contributed by atoms with E-state index in [1.54, 1.807) is 16.4 Å². The van der Waals surface area contributed by atoms with Crippen LogP contribution < -0.4 is 0 Å². The van der Waals surface area contributed by atoms with E-state index in [9.17, 15) is 13.7 Å². The molecule has 0 bridgehead atoms. The van der Waals surface area contributed by atoms with E-state index in [0.717, 1.165) is 29.5 Å². The summed E-state index contributed by atoms with van der Waals surface area (Å²) < 4.78 is 28.3. The van der Waals surface area contributed by atoms with E-state index in [2.05, 4.69) is 6.07 Å². The molecule has 0 amide bonds. The van der Waals surface area contributed by atoms with E-state index < -0.39 is 15.4 Å². The van der Waals surface area contributed by atoms with Gasteiger partial charge in [-0.3, -0.25) is 0 Å². The lowest BCUT2D eigenvalue weighted by atomic mass is 9.64. The Bertz CT molecular complexity index is 1130. The third-order valence-electron chi connectivity index (χ3n) is 6.29. The Morgan fingerprint density at radius 3 is 1.97 bits per heavy atom. The Morgan fingerprint density at radius 2 is 1.45 bits per heavy atom. The fraction of sp³-hybridized carbons (Fsp3) is 0.269. The van der Waals surface area contributed by atoms with Gasteiger partial charge in [-0.05, 0) is 48.9 Å². The van der Waals surface area contributed by atoms with Crippen molar-refractivity contribution < 1.29 is 8.42 Å². The van der Waals surface area contributed by atoms with Crippen molar-refractivity contribution in [1.82, 2.24) is 4.31 Å².